The molecule has 0 spiro atoms. The van der Waals surface area contributed by atoms with Crippen molar-refractivity contribution in [2.45, 2.75) is 18.9 Å². The Morgan fingerprint density at radius 1 is 1.54 bits per heavy atom. The second kappa shape index (κ2) is 4.33. The second-order valence-corrected chi connectivity index (χ2v) is 5.01. The van der Waals surface area contributed by atoms with Crippen LogP contribution in [-0.4, -0.2) is 36.5 Å². The molecule has 2 heterocycles. The second-order valence-electron chi connectivity index (χ2n) is 3.86. The Kier molecular flexibility index (Phi) is 3.11. The van der Waals surface area contributed by atoms with E-state index >= 15 is 0 Å². The molecule has 0 aliphatic carbocycles. The van der Waals surface area contributed by atoms with E-state index in [0.717, 1.165) is 25.3 Å². The molecule has 3 nitrogen and oxygen atoms in total. The van der Waals surface area contributed by atoms with Crippen LogP contribution < -0.4 is 10.6 Å². The van der Waals surface area contributed by atoms with E-state index in [9.17, 15) is 4.79 Å². The van der Waals surface area contributed by atoms with Gasteiger partial charge >= 0.3 is 0 Å². The minimum atomic E-state index is 0.249. The number of carbonyl (C=O) groups is 1. The van der Waals surface area contributed by atoms with Crippen molar-refractivity contribution < 1.29 is 4.79 Å². The number of rotatable bonds is 3. The number of hydrogen-bond donors (Lipinski definition) is 2. The Morgan fingerprint density at radius 3 is 2.92 bits per heavy atom. The molecule has 0 aromatic carbocycles. The van der Waals surface area contributed by atoms with E-state index in [1.165, 1.54) is 5.75 Å². The third-order valence-corrected chi connectivity index (χ3v) is 3.80. The fourth-order valence-electron chi connectivity index (χ4n) is 1.69. The topological polar surface area (TPSA) is 41.1 Å². The molecule has 0 aromatic rings. The van der Waals surface area contributed by atoms with Crippen molar-refractivity contribution in [1.29, 1.82) is 0 Å². The van der Waals surface area contributed by atoms with E-state index in [2.05, 4.69) is 10.6 Å². The minimum absolute atomic E-state index is 0.249. The van der Waals surface area contributed by atoms with Crippen LogP contribution >= 0.6 is 11.8 Å². The Labute approximate surface area is 83.0 Å². The molecular weight excluding hydrogens is 184 g/mol. The van der Waals surface area contributed by atoms with Crippen LogP contribution in [0.3, 0.4) is 0 Å². The fraction of sp³-hybridized carbons (Fsp3) is 0.889. The van der Waals surface area contributed by atoms with Crippen LogP contribution in [0.4, 0.5) is 0 Å². The summed E-state index contributed by atoms with van der Waals surface area (Å²) in [4.78, 5) is 11.5. The molecular formula is C9H16N2OS. The molecule has 2 aliphatic heterocycles. The number of hydrogen-bond acceptors (Lipinski definition) is 3. The maximum atomic E-state index is 11.5. The maximum Gasteiger partial charge on any atom is 0.220 e. The molecule has 1 unspecified atom stereocenters. The Morgan fingerprint density at radius 2 is 2.38 bits per heavy atom. The van der Waals surface area contributed by atoms with Crippen LogP contribution in [0, 0.1) is 5.92 Å². The van der Waals surface area contributed by atoms with Crippen molar-refractivity contribution in [1.82, 2.24) is 10.6 Å². The molecule has 4 heteroatoms. The van der Waals surface area contributed by atoms with E-state index in [0.29, 0.717) is 18.4 Å². The van der Waals surface area contributed by atoms with Crippen molar-refractivity contribution in [3.63, 3.8) is 0 Å². The molecule has 74 valence electrons. The summed E-state index contributed by atoms with van der Waals surface area (Å²) in [6.07, 6.45) is 1.87. The van der Waals surface area contributed by atoms with Crippen molar-refractivity contribution in [2.24, 2.45) is 5.92 Å². The van der Waals surface area contributed by atoms with Crippen molar-refractivity contribution >= 4 is 17.7 Å². The highest BCUT2D eigenvalue weighted by atomic mass is 32.2. The average molecular weight is 200 g/mol. The highest BCUT2D eigenvalue weighted by Crippen LogP contribution is 2.17. The number of thioether (sulfide) groups is 1. The first-order valence-electron chi connectivity index (χ1n) is 4.92. The van der Waals surface area contributed by atoms with Gasteiger partial charge in [0.25, 0.3) is 0 Å². The first-order chi connectivity index (χ1) is 6.34. The summed E-state index contributed by atoms with van der Waals surface area (Å²) in [6.45, 7) is 2.04. The van der Waals surface area contributed by atoms with E-state index in [-0.39, 0.29) is 5.91 Å². The molecule has 0 bridgehead atoms. The minimum Gasteiger partial charge on any atom is -0.353 e. The lowest BCUT2D eigenvalue weighted by atomic mass is 9.99. The van der Waals surface area contributed by atoms with E-state index in [1.807, 2.05) is 11.8 Å². The Bertz CT molecular complexity index is 188. The molecule has 1 amide bonds. The highest BCUT2D eigenvalue weighted by Gasteiger charge is 2.22. The third-order valence-electron chi connectivity index (χ3n) is 2.63. The van der Waals surface area contributed by atoms with Crippen molar-refractivity contribution in [2.75, 3.05) is 24.6 Å². The van der Waals surface area contributed by atoms with Gasteiger partial charge in [-0.3, -0.25) is 4.79 Å². The summed E-state index contributed by atoms with van der Waals surface area (Å²) >= 11 is 1.94. The highest BCUT2D eigenvalue weighted by molar-refractivity contribution is 7.99. The van der Waals surface area contributed by atoms with Gasteiger partial charge in [-0.25, -0.2) is 0 Å². The summed E-state index contributed by atoms with van der Waals surface area (Å²) in [7, 11) is 0. The van der Waals surface area contributed by atoms with Crippen molar-refractivity contribution in [3.05, 3.63) is 0 Å². The summed E-state index contributed by atoms with van der Waals surface area (Å²) in [5.41, 5.74) is 0. The SMILES string of the molecule is O=C(CC1CNC1)NC1CCSC1. The summed E-state index contributed by atoms with van der Waals surface area (Å²) in [5.74, 6) is 3.15. The first-order valence-corrected chi connectivity index (χ1v) is 6.08. The van der Waals surface area contributed by atoms with E-state index in [4.69, 9.17) is 0 Å². The number of amides is 1. The average Bonchev–Trinajstić information content (AvgIpc) is 2.49. The van der Waals surface area contributed by atoms with Gasteiger partial charge in [-0.1, -0.05) is 0 Å². The van der Waals surface area contributed by atoms with Crippen LogP contribution in [0.5, 0.6) is 0 Å². The fourth-order valence-corrected chi connectivity index (χ4v) is 2.84. The largest absolute Gasteiger partial charge is 0.353 e. The van der Waals surface area contributed by atoms with Crippen LogP contribution in [-0.2, 0) is 4.79 Å². The quantitative estimate of drug-likeness (QED) is 0.684. The van der Waals surface area contributed by atoms with Gasteiger partial charge in [0.1, 0.15) is 0 Å². The van der Waals surface area contributed by atoms with Gasteiger partial charge in [0.05, 0.1) is 0 Å². The first kappa shape index (κ1) is 9.34. The van der Waals surface area contributed by atoms with Crippen LogP contribution in [0.25, 0.3) is 0 Å². The predicted octanol–water partition coefficient (Wildman–Crippen LogP) is 0.218. The molecule has 2 aliphatic rings. The monoisotopic (exact) mass is 200 g/mol. The molecule has 13 heavy (non-hydrogen) atoms. The molecule has 2 fully saturated rings. The molecule has 2 N–H and O–H groups in total. The Hall–Kier alpha value is -0.220. The summed E-state index contributed by atoms with van der Waals surface area (Å²) in [6, 6.07) is 0.450. The lowest BCUT2D eigenvalue weighted by molar-refractivity contribution is -0.122. The maximum absolute atomic E-state index is 11.5. The lowest BCUT2D eigenvalue weighted by Crippen LogP contribution is -2.45. The zero-order valence-corrected chi connectivity index (χ0v) is 8.53. The molecule has 0 aromatic heterocycles. The van der Waals surface area contributed by atoms with Gasteiger partial charge in [0.15, 0.2) is 0 Å². The van der Waals surface area contributed by atoms with E-state index < -0.39 is 0 Å². The number of carbonyl (C=O) groups excluding carboxylic acids is 1. The van der Waals surface area contributed by atoms with Gasteiger partial charge in [0, 0.05) is 18.2 Å². The van der Waals surface area contributed by atoms with Crippen molar-refractivity contribution in [3.8, 4) is 0 Å². The standard InChI is InChI=1S/C9H16N2OS/c12-9(3-7-4-10-5-7)11-8-1-2-13-6-8/h7-8,10H,1-6H2,(H,11,12). The normalized spacial score (nSPS) is 28.5. The zero-order chi connectivity index (χ0) is 9.10. The summed E-state index contributed by atoms with van der Waals surface area (Å²) in [5, 5.41) is 6.27. The predicted molar refractivity (Wildman–Crippen MR) is 54.8 cm³/mol. The van der Waals surface area contributed by atoms with Gasteiger partial charge in [-0.05, 0) is 31.2 Å². The van der Waals surface area contributed by atoms with Gasteiger partial charge in [0.2, 0.25) is 5.91 Å². The number of nitrogens with one attached hydrogen (secondary N) is 2. The van der Waals surface area contributed by atoms with Crippen LogP contribution in [0.2, 0.25) is 0 Å². The zero-order valence-electron chi connectivity index (χ0n) is 7.71. The molecule has 2 saturated heterocycles. The third kappa shape index (κ3) is 2.61. The molecule has 2 rings (SSSR count). The van der Waals surface area contributed by atoms with Crippen LogP contribution in [0.15, 0.2) is 0 Å². The van der Waals surface area contributed by atoms with Gasteiger partial charge in [-0.15, -0.1) is 0 Å². The van der Waals surface area contributed by atoms with Crippen LogP contribution in [0.1, 0.15) is 12.8 Å². The lowest BCUT2D eigenvalue weighted by Gasteiger charge is -2.26. The van der Waals surface area contributed by atoms with Gasteiger partial charge < -0.3 is 10.6 Å². The Balaban J connectivity index is 1.64. The summed E-state index contributed by atoms with van der Waals surface area (Å²) < 4.78 is 0. The molecule has 0 radical (unpaired) electrons. The molecule has 1 atom stereocenters. The van der Waals surface area contributed by atoms with Gasteiger partial charge in [-0.2, -0.15) is 11.8 Å². The smallest absolute Gasteiger partial charge is 0.220 e. The van der Waals surface area contributed by atoms with E-state index in [1.54, 1.807) is 0 Å². The molecule has 0 saturated carbocycles.